The van der Waals surface area contributed by atoms with E-state index in [2.05, 4.69) is 0 Å². The topological polar surface area (TPSA) is 116 Å². The first-order valence-corrected chi connectivity index (χ1v) is 13.4. The van der Waals surface area contributed by atoms with Gasteiger partial charge in [-0.05, 0) is 62.4 Å². The van der Waals surface area contributed by atoms with Gasteiger partial charge in [0.15, 0.2) is 14.6 Å². The first-order chi connectivity index (χ1) is 17.1. The summed E-state index contributed by atoms with van der Waals surface area (Å²) < 4.78 is 35.8. The normalized spacial score (nSPS) is 15.8. The maximum atomic E-state index is 13.2. The van der Waals surface area contributed by atoms with E-state index in [1.807, 2.05) is 37.3 Å². The van der Waals surface area contributed by atoms with Gasteiger partial charge in [0.25, 0.3) is 5.91 Å². The minimum atomic E-state index is -3.98. The third-order valence-corrected chi connectivity index (χ3v) is 8.89. The number of primary amides is 1. The number of nitrogens with two attached hydrogens (primary N) is 1. The minimum absolute atomic E-state index is 0.0309. The Labute approximate surface area is 213 Å². The lowest BCUT2D eigenvalue weighted by Crippen LogP contribution is -2.53. The van der Waals surface area contributed by atoms with Crippen molar-refractivity contribution in [2.24, 2.45) is 5.73 Å². The summed E-state index contributed by atoms with van der Waals surface area (Å²) in [7, 11) is -0.523. The molecule has 2 aromatic carbocycles. The number of carbonyl (C=O) groups is 2. The molecule has 2 amide bonds. The second-order valence-corrected chi connectivity index (χ2v) is 11.4. The van der Waals surface area contributed by atoms with E-state index in [9.17, 15) is 18.0 Å². The fourth-order valence-corrected chi connectivity index (χ4v) is 6.03. The molecule has 194 valence electrons. The van der Waals surface area contributed by atoms with E-state index in [0.717, 1.165) is 11.1 Å². The lowest BCUT2D eigenvalue weighted by Gasteiger charge is -2.33. The van der Waals surface area contributed by atoms with Crippen molar-refractivity contribution in [2.75, 3.05) is 33.9 Å². The van der Waals surface area contributed by atoms with Gasteiger partial charge in [0.2, 0.25) is 5.91 Å². The maximum absolute atomic E-state index is 13.2. The maximum Gasteiger partial charge on any atom is 0.253 e. The molecular formula is C27H34N2O6S. The Morgan fingerprint density at radius 3 is 2.22 bits per heavy atom. The van der Waals surface area contributed by atoms with Gasteiger partial charge in [0.1, 0.15) is 5.75 Å². The molecular weight excluding hydrogens is 480 g/mol. The van der Waals surface area contributed by atoms with Crippen molar-refractivity contribution in [3.63, 3.8) is 0 Å². The molecule has 0 atom stereocenters. The van der Waals surface area contributed by atoms with Gasteiger partial charge in [0.05, 0.1) is 11.5 Å². The van der Waals surface area contributed by atoms with Crippen LogP contribution in [0.4, 0.5) is 0 Å². The van der Waals surface area contributed by atoms with E-state index in [1.54, 1.807) is 31.1 Å². The summed E-state index contributed by atoms with van der Waals surface area (Å²) in [6, 6.07) is 13.9. The first-order valence-electron chi connectivity index (χ1n) is 11.9. The van der Waals surface area contributed by atoms with Crippen LogP contribution in [0.5, 0.6) is 5.75 Å². The number of amides is 2. The van der Waals surface area contributed by atoms with Gasteiger partial charge < -0.3 is 20.1 Å². The molecule has 2 aromatic rings. The molecule has 1 aliphatic rings. The predicted octanol–water partition coefficient (Wildman–Crippen LogP) is 3.13. The highest BCUT2D eigenvalue weighted by Gasteiger charge is 2.51. The average Bonchev–Trinajstić information content (AvgIpc) is 2.87. The Bertz CT molecular complexity index is 1200. The van der Waals surface area contributed by atoms with Crippen LogP contribution in [-0.4, -0.2) is 63.8 Å². The Kier molecular flexibility index (Phi) is 8.92. The van der Waals surface area contributed by atoms with Crippen LogP contribution in [0.1, 0.15) is 36.8 Å². The van der Waals surface area contributed by atoms with Crippen LogP contribution in [0, 0.1) is 6.92 Å². The molecule has 0 spiro atoms. The van der Waals surface area contributed by atoms with Gasteiger partial charge in [-0.15, -0.1) is 0 Å². The minimum Gasteiger partial charge on any atom is -0.494 e. The van der Waals surface area contributed by atoms with Crippen molar-refractivity contribution in [3.8, 4) is 5.75 Å². The van der Waals surface area contributed by atoms with Crippen LogP contribution in [0.15, 0.2) is 59.5 Å². The second kappa shape index (κ2) is 11.7. The molecule has 0 radical (unpaired) electrons. The quantitative estimate of drug-likeness (QED) is 0.385. The molecule has 1 fully saturated rings. The summed E-state index contributed by atoms with van der Waals surface area (Å²) in [6.45, 7) is 2.73. The Morgan fingerprint density at radius 2 is 1.67 bits per heavy atom. The Morgan fingerprint density at radius 1 is 1.06 bits per heavy atom. The number of carbonyl (C=O) groups excluding carboxylic acids is 2. The second-order valence-electron chi connectivity index (χ2n) is 9.12. The van der Waals surface area contributed by atoms with E-state index in [1.165, 1.54) is 12.1 Å². The number of aryl methyl sites for hydroxylation is 1. The lowest BCUT2D eigenvalue weighted by molar-refractivity contribution is -0.123. The molecule has 9 heteroatoms. The summed E-state index contributed by atoms with van der Waals surface area (Å²) in [5, 5.41) is 0. The molecule has 1 aliphatic heterocycles. The van der Waals surface area contributed by atoms with Crippen LogP contribution in [-0.2, 0) is 24.2 Å². The zero-order chi connectivity index (χ0) is 26.3. The van der Waals surface area contributed by atoms with Gasteiger partial charge >= 0.3 is 0 Å². The first kappa shape index (κ1) is 27.4. The summed E-state index contributed by atoms with van der Waals surface area (Å²) in [5.74, 6) is -0.395. The van der Waals surface area contributed by atoms with Crippen LogP contribution < -0.4 is 10.5 Å². The number of allylic oxidation sites excluding steroid dienone is 1. The third kappa shape index (κ3) is 5.96. The molecule has 8 nitrogen and oxygen atoms in total. The van der Waals surface area contributed by atoms with E-state index < -0.39 is 20.5 Å². The van der Waals surface area contributed by atoms with Crippen LogP contribution in [0.25, 0.3) is 5.57 Å². The number of likely N-dealkylation sites (N-methyl/N-ethyl adjacent to an activating group) is 1. The molecule has 2 N–H and O–H groups in total. The predicted molar refractivity (Wildman–Crippen MR) is 138 cm³/mol. The average molecular weight is 515 g/mol. The largest absolute Gasteiger partial charge is 0.494 e. The standard InChI is InChI=1S/C27H34N2O6S/c1-20-7-9-21(10-8-20)24(25(30)29(2)3)6-4-5-17-35-22-11-13-23(14-12-22)36(32,33)27(26(28)31)15-18-34-19-16-27/h6-14H,4-5,15-19H2,1-3H3,(H2,28,31)/b24-6-. The van der Waals surface area contributed by atoms with E-state index >= 15 is 0 Å². The number of hydrogen-bond donors (Lipinski definition) is 1. The summed E-state index contributed by atoms with van der Waals surface area (Å²) in [6.07, 6.45) is 3.30. The molecule has 36 heavy (non-hydrogen) atoms. The molecule has 1 saturated heterocycles. The number of hydrogen-bond acceptors (Lipinski definition) is 6. The summed E-state index contributed by atoms with van der Waals surface area (Å²) >= 11 is 0. The highest BCUT2D eigenvalue weighted by atomic mass is 32.2. The van der Waals surface area contributed by atoms with Gasteiger partial charge in [-0.2, -0.15) is 0 Å². The zero-order valence-electron chi connectivity index (χ0n) is 21.0. The van der Waals surface area contributed by atoms with Crippen LogP contribution >= 0.6 is 0 Å². The molecule has 0 unspecified atom stereocenters. The van der Waals surface area contributed by atoms with Crippen molar-refractivity contribution < 1.29 is 27.5 Å². The van der Waals surface area contributed by atoms with E-state index in [4.69, 9.17) is 15.2 Å². The molecule has 0 saturated carbocycles. The SMILES string of the molecule is Cc1ccc(/C(=C/CCCOc2ccc(S(=O)(=O)C3(C(N)=O)CCOCC3)cc2)C(=O)N(C)C)cc1. The zero-order valence-corrected chi connectivity index (χ0v) is 21.8. The molecule has 0 aromatic heterocycles. The van der Waals surface area contributed by atoms with E-state index in [0.29, 0.717) is 30.8 Å². The molecule has 0 bridgehead atoms. The number of ether oxygens (including phenoxy) is 2. The van der Waals surface area contributed by atoms with Gasteiger partial charge in [-0.25, -0.2) is 8.42 Å². The van der Waals surface area contributed by atoms with Crippen molar-refractivity contribution in [1.29, 1.82) is 0 Å². The number of benzene rings is 2. The smallest absolute Gasteiger partial charge is 0.253 e. The summed E-state index contributed by atoms with van der Waals surface area (Å²) in [5.41, 5.74) is 8.16. The number of sulfone groups is 1. The van der Waals surface area contributed by atoms with Crippen molar-refractivity contribution in [2.45, 2.75) is 42.2 Å². The molecule has 1 heterocycles. The van der Waals surface area contributed by atoms with Crippen LogP contribution in [0.3, 0.4) is 0 Å². The number of unbranched alkanes of at least 4 members (excludes halogenated alkanes) is 1. The monoisotopic (exact) mass is 514 g/mol. The van der Waals surface area contributed by atoms with Crippen LogP contribution in [0.2, 0.25) is 0 Å². The Hall–Kier alpha value is -3.17. The molecule has 3 rings (SSSR count). The lowest BCUT2D eigenvalue weighted by atomic mass is 9.98. The fraction of sp³-hybridized carbons (Fsp3) is 0.407. The van der Waals surface area contributed by atoms with Gasteiger partial charge in [-0.3, -0.25) is 9.59 Å². The van der Waals surface area contributed by atoms with Crippen molar-refractivity contribution >= 4 is 27.2 Å². The highest BCUT2D eigenvalue weighted by molar-refractivity contribution is 7.93. The number of nitrogens with zero attached hydrogens (tertiary/aromatic N) is 1. The summed E-state index contributed by atoms with van der Waals surface area (Å²) in [4.78, 5) is 26.4. The fourth-order valence-electron chi connectivity index (χ4n) is 4.11. The Balaban J connectivity index is 1.62. The van der Waals surface area contributed by atoms with E-state index in [-0.39, 0.29) is 36.9 Å². The van der Waals surface area contributed by atoms with Gasteiger partial charge in [0, 0.05) is 32.9 Å². The number of rotatable bonds is 10. The van der Waals surface area contributed by atoms with Crippen molar-refractivity contribution in [1.82, 2.24) is 4.90 Å². The third-order valence-electron chi connectivity index (χ3n) is 6.36. The van der Waals surface area contributed by atoms with Gasteiger partial charge in [-0.1, -0.05) is 35.9 Å². The van der Waals surface area contributed by atoms with Crippen molar-refractivity contribution in [3.05, 3.63) is 65.7 Å². The molecule has 0 aliphatic carbocycles. The highest BCUT2D eigenvalue weighted by Crippen LogP contribution is 2.35.